The van der Waals surface area contributed by atoms with Crippen molar-refractivity contribution in [2.45, 2.75) is 162 Å². The average Bonchev–Trinajstić information content (AvgIpc) is 2.93. The van der Waals surface area contributed by atoms with Crippen LogP contribution in [0.5, 0.6) is 0 Å². The van der Waals surface area contributed by atoms with E-state index in [0.717, 1.165) is 18.4 Å². The van der Waals surface area contributed by atoms with Crippen LogP contribution in [0.25, 0.3) is 0 Å². The Morgan fingerprint density at radius 2 is 0.897 bits per heavy atom. The first kappa shape index (κ1) is 38.6. The summed E-state index contributed by atoms with van der Waals surface area (Å²) in [5.41, 5.74) is 0.726. The van der Waals surface area contributed by atoms with Crippen LogP contribution in [0.2, 0.25) is 0 Å². The molecular formula is C34H67O3PS. The van der Waals surface area contributed by atoms with Crippen LogP contribution in [0.3, 0.4) is 0 Å². The molecule has 1 aromatic rings. The van der Waals surface area contributed by atoms with Crippen LogP contribution in [0.4, 0.5) is 0 Å². The molecule has 1 aromatic carbocycles. The molecule has 0 aliphatic heterocycles. The van der Waals surface area contributed by atoms with Crippen LogP contribution in [0.1, 0.15) is 156 Å². The summed E-state index contributed by atoms with van der Waals surface area (Å²) in [6, 6.07) is 6.73. The molecule has 1 rings (SSSR count). The van der Waals surface area contributed by atoms with Crippen molar-refractivity contribution < 1.29 is 13.0 Å². The molecular weight excluding hydrogens is 519 g/mol. The fourth-order valence-corrected chi connectivity index (χ4v) is 12.4. The second-order valence-corrected chi connectivity index (χ2v) is 18.3. The van der Waals surface area contributed by atoms with Crippen molar-refractivity contribution >= 4 is 17.4 Å². The molecule has 0 fully saturated rings. The van der Waals surface area contributed by atoms with E-state index in [4.69, 9.17) is 0 Å². The summed E-state index contributed by atoms with van der Waals surface area (Å²) in [7, 11) is -4.98. The first-order valence-electron chi connectivity index (χ1n) is 16.9. The number of hydrogen-bond acceptors (Lipinski definition) is 2. The number of unbranched alkanes of at least 4 members (excludes halogenated alkanes) is 13. The van der Waals surface area contributed by atoms with Crippen LogP contribution in [0, 0.1) is 0 Å². The first-order valence-corrected chi connectivity index (χ1v) is 21.1. The Hall–Kier alpha value is -0.440. The van der Waals surface area contributed by atoms with Crippen molar-refractivity contribution in [3.05, 3.63) is 29.8 Å². The van der Waals surface area contributed by atoms with Gasteiger partial charge in [-0.25, -0.2) is 0 Å². The minimum atomic E-state index is -4.10. The summed E-state index contributed by atoms with van der Waals surface area (Å²) in [4.78, 5) is 0.0610. The molecule has 0 unspecified atom stereocenters. The first-order chi connectivity index (χ1) is 18.8. The molecule has 0 atom stereocenters. The van der Waals surface area contributed by atoms with Crippen molar-refractivity contribution in [3.8, 4) is 0 Å². The molecule has 0 heterocycles. The number of aryl methyl sites for hydroxylation is 1. The normalized spacial score (nSPS) is 12.3. The second kappa shape index (κ2) is 25.3. The Balaban J connectivity index is 0.000000768. The van der Waals surface area contributed by atoms with Gasteiger partial charge in [0.05, 0.1) is 4.90 Å². The minimum absolute atomic E-state index is 0.0610. The van der Waals surface area contributed by atoms with Gasteiger partial charge in [-0.15, -0.1) is 0 Å². The predicted molar refractivity (Wildman–Crippen MR) is 179 cm³/mol. The summed E-state index contributed by atoms with van der Waals surface area (Å²) in [5.74, 6) is 0. The number of rotatable bonds is 24. The van der Waals surface area contributed by atoms with E-state index in [1.54, 1.807) is 36.8 Å². The van der Waals surface area contributed by atoms with E-state index in [2.05, 4.69) is 34.6 Å². The molecule has 0 radical (unpaired) electrons. The van der Waals surface area contributed by atoms with E-state index >= 15 is 0 Å². The maximum atomic E-state index is 11.3. The van der Waals surface area contributed by atoms with E-state index in [9.17, 15) is 13.0 Å². The SMILES string of the molecule is CCCCCCCCCCCCc1ccccc1S(=O)(=O)O.CCCC[PH](CCCC)(CCCC)CCCC. The van der Waals surface area contributed by atoms with E-state index in [-0.39, 0.29) is 4.90 Å². The van der Waals surface area contributed by atoms with Crippen LogP contribution in [0.15, 0.2) is 29.2 Å². The van der Waals surface area contributed by atoms with E-state index in [0.29, 0.717) is 6.42 Å². The molecule has 0 aromatic heterocycles. The van der Waals surface area contributed by atoms with Gasteiger partial charge in [-0.1, -0.05) is 82.9 Å². The topological polar surface area (TPSA) is 54.4 Å². The molecule has 1 N–H and O–H groups in total. The summed E-state index contributed by atoms with van der Waals surface area (Å²) in [6.45, 7) is 11.7. The molecule has 0 aliphatic rings. The van der Waals surface area contributed by atoms with E-state index < -0.39 is 17.4 Å². The molecule has 0 spiro atoms. The molecule has 232 valence electrons. The van der Waals surface area contributed by atoms with Gasteiger partial charge in [-0.3, -0.25) is 4.55 Å². The van der Waals surface area contributed by atoms with Gasteiger partial charge in [0.1, 0.15) is 0 Å². The maximum absolute atomic E-state index is 11.3. The van der Waals surface area contributed by atoms with Gasteiger partial charge in [0.2, 0.25) is 0 Å². The van der Waals surface area contributed by atoms with Gasteiger partial charge in [-0.05, 0) is 24.5 Å². The fourth-order valence-electron chi connectivity index (χ4n) is 5.72. The van der Waals surface area contributed by atoms with Crippen LogP contribution in [-0.2, 0) is 16.5 Å². The van der Waals surface area contributed by atoms with Crippen molar-refractivity contribution in [1.29, 1.82) is 0 Å². The zero-order chi connectivity index (χ0) is 29.2. The van der Waals surface area contributed by atoms with Gasteiger partial charge in [0.25, 0.3) is 10.1 Å². The van der Waals surface area contributed by atoms with Crippen molar-refractivity contribution in [1.82, 2.24) is 0 Å². The molecule has 0 saturated carbocycles. The fraction of sp³-hybridized carbons (Fsp3) is 0.824. The third kappa shape index (κ3) is 20.1. The molecule has 0 saturated heterocycles. The van der Waals surface area contributed by atoms with Gasteiger partial charge in [-0.2, -0.15) is 8.42 Å². The molecule has 0 aliphatic carbocycles. The summed E-state index contributed by atoms with van der Waals surface area (Å²) in [5, 5.41) is 0. The van der Waals surface area contributed by atoms with E-state index in [1.165, 1.54) is 109 Å². The molecule has 0 amide bonds. The van der Waals surface area contributed by atoms with Crippen molar-refractivity contribution in [2.75, 3.05) is 24.6 Å². The molecule has 39 heavy (non-hydrogen) atoms. The monoisotopic (exact) mass is 586 g/mol. The van der Waals surface area contributed by atoms with E-state index in [1.807, 2.05) is 6.07 Å². The average molecular weight is 587 g/mol. The van der Waals surface area contributed by atoms with Gasteiger partial charge in [0, 0.05) is 0 Å². The Bertz CT molecular complexity index is 741. The summed E-state index contributed by atoms with van der Waals surface area (Å²) < 4.78 is 31.8. The van der Waals surface area contributed by atoms with Gasteiger partial charge in [0.15, 0.2) is 0 Å². The van der Waals surface area contributed by atoms with Crippen molar-refractivity contribution in [2.24, 2.45) is 0 Å². The third-order valence-corrected chi connectivity index (χ3v) is 14.9. The third-order valence-electron chi connectivity index (χ3n) is 8.29. The Morgan fingerprint density at radius 1 is 0.538 bits per heavy atom. The molecule has 5 heteroatoms. The van der Waals surface area contributed by atoms with Gasteiger partial charge < -0.3 is 0 Å². The number of benzene rings is 1. The summed E-state index contributed by atoms with van der Waals surface area (Å²) >= 11 is 0. The quantitative estimate of drug-likeness (QED) is 0.0744. The molecule has 3 nitrogen and oxygen atoms in total. The van der Waals surface area contributed by atoms with Gasteiger partial charge >= 0.3 is 111 Å². The molecule has 0 bridgehead atoms. The van der Waals surface area contributed by atoms with Crippen LogP contribution in [-0.4, -0.2) is 37.6 Å². The number of hydrogen-bond donors (Lipinski definition) is 1. The second-order valence-electron chi connectivity index (χ2n) is 11.9. The zero-order valence-electron chi connectivity index (χ0n) is 26.7. The predicted octanol–water partition coefficient (Wildman–Crippen LogP) is 11.3. The van der Waals surface area contributed by atoms with Crippen LogP contribution < -0.4 is 0 Å². The Labute approximate surface area is 245 Å². The Kier molecular flexibility index (Phi) is 25.0. The Morgan fingerprint density at radius 3 is 1.28 bits per heavy atom. The van der Waals surface area contributed by atoms with Crippen molar-refractivity contribution in [3.63, 3.8) is 0 Å². The standard InChI is InChI=1S/C18H30O3S.C16H37P/c1-2-3-4-5-6-7-8-9-10-11-14-17-15-12-13-16-18(17)22(19,20)21;1-5-9-13-17(14-10-6-2,15-11-7-3)16-12-8-4/h12-13,15-16H,2-11,14H2,1H3,(H,19,20,21);17H,5-16H2,1-4H3. The van der Waals surface area contributed by atoms with Crippen LogP contribution >= 0.6 is 7.26 Å². The summed E-state index contributed by atoms with van der Waals surface area (Å²) in [6.07, 6.45) is 31.4. The zero-order valence-corrected chi connectivity index (χ0v) is 28.6.